The zero-order valence-electron chi connectivity index (χ0n) is 10.5. The molecule has 0 aliphatic rings. The molecular weight excluding hydrogens is 266 g/mol. The van der Waals surface area contributed by atoms with Crippen LogP contribution in [0.3, 0.4) is 0 Å². The summed E-state index contributed by atoms with van der Waals surface area (Å²) < 4.78 is 0. The van der Waals surface area contributed by atoms with Crippen LogP contribution in [0.1, 0.15) is 23.9 Å². The number of aryl methyl sites for hydroxylation is 1. The van der Waals surface area contributed by atoms with Crippen molar-refractivity contribution < 1.29 is 0 Å². The van der Waals surface area contributed by atoms with Crippen molar-refractivity contribution in [3.63, 3.8) is 0 Å². The van der Waals surface area contributed by atoms with Gasteiger partial charge in [-0.1, -0.05) is 35.9 Å². The molecule has 0 aliphatic carbocycles. The van der Waals surface area contributed by atoms with Gasteiger partial charge >= 0.3 is 0 Å². The molecule has 1 N–H and O–H groups in total. The van der Waals surface area contributed by atoms with Crippen LogP contribution < -0.4 is 5.32 Å². The summed E-state index contributed by atoms with van der Waals surface area (Å²) in [6.45, 7) is 5.99. The summed E-state index contributed by atoms with van der Waals surface area (Å²) in [6, 6.07) is 5.85. The number of hydrogen-bond donors (Lipinski definition) is 1. The van der Waals surface area contributed by atoms with Gasteiger partial charge < -0.3 is 5.32 Å². The molecular formula is C13H16ClN3S. The second-order valence-corrected chi connectivity index (χ2v) is 5.64. The third kappa shape index (κ3) is 3.28. The predicted molar refractivity (Wildman–Crippen MR) is 77.1 cm³/mol. The van der Waals surface area contributed by atoms with Crippen molar-refractivity contribution in [1.29, 1.82) is 0 Å². The Morgan fingerprint density at radius 2 is 2.17 bits per heavy atom. The topological polar surface area (TPSA) is 37.8 Å². The molecule has 1 aromatic heterocycles. The van der Waals surface area contributed by atoms with E-state index in [0.29, 0.717) is 0 Å². The smallest absolute Gasteiger partial charge is 0.148 e. The first-order valence-electron chi connectivity index (χ1n) is 6.00. The van der Waals surface area contributed by atoms with Crippen LogP contribution in [-0.2, 0) is 6.54 Å². The lowest BCUT2D eigenvalue weighted by Crippen LogP contribution is -2.13. The molecule has 0 aliphatic heterocycles. The van der Waals surface area contributed by atoms with E-state index in [4.69, 9.17) is 11.6 Å². The lowest BCUT2D eigenvalue weighted by Gasteiger charge is -2.01. The Morgan fingerprint density at radius 3 is 2.94 bits per heavy atom. The van der Waals surface area contributed by atoms with Crippen molar-refractivity contribution in [3.8, 4) is 10.6 Å². The van der Waals surface area contributed by atoms with Crippen LogP contribution in [0, 0.1) is 6.92 Å². The molecule has 0 saturated carbocycles. The van der Waals surface area contributed by atoms with E-state index < -0.39 is 0 Å². The number of hydrogen-bond acceptors (Lipinski definition) is 4. The molecule has 1 heterocycles. The number of nitrogens with zero attached hydrogens (tertiary/aromatic N) is 2. The van der Waals surface area contributed by atoms with Gasteiger partial charge in [-0.25, -0.2) is 0 Å². The van der Waals surface area contributed by atoms with Gasteiger partial charge in [0.1, 0.15) is 10.0 Å². The molecule has 2 aromatic rings. The standard InChI is InChI=1S/C13H16ClN3S/c1-3-6-15-8-12-16-17-13(18-12)11-7-10(14)5-4-9(11)2/h4-5,7,15H,3,6,8H2,1-2H3. The maximum Gasteiger partial charge on any atom is 0.148 e. The van der Waals surface area contributed by atoms with Gasteiger partial charge in [-0.15, -0.1) is 10.2 Å². The summed E-state index contributed by atoms with van der Waals surface area (Å²) in [4.78, 5) is 0. The summed E-state index contributed by atoms with van der Waals surface area (Å²) in [7, 11) is 0. The van der Waals surface area contributed by atoms with E-state index in [1.54, 1.807) is 11.3 Å². The van der Waals surface area contributed by atoms with Crippen LogP contribution in [0.2, 0.25) is 5.02 Å². The van der Waals surface area contributed by atoms with Crippen molar-refractivity contribution in [2.24, 2.45) is 0 Å². The highest BCUT2D eigenvalue weighted by atomic mass is 35.5. The van der Waals surface area contributed by atoms with E-state index in [9.17, 15) is 0 Å². The Balaban J connectivity index is 2.16. The third-order valence-electron chi connectivity index (χ3n) is 2.60. The van der Waals surface area contributed by atoms with Crippen LogP contribution in [0.25, 0.3) is 10.6 Å². The molecule has 0 saturated heterocycles. The Labute approximate surface area is 116 Å². The van der Waals surface area contributed by atoms with Gasteiger partial charge in [0.15, 0.2) is 0 Å². The van der Waals surface area contributed by atoms with Gasteiger partial charge in [-0.2, -0.15) is 0 Å². The van der Waals surface area contributed by atoms with Crippen molar-refractivity contribution >= 4 is 22.9 Å². The van der Waals surface area contributed by atoms with Crippen LogP contribution in [-0.4, -0.2) is 16.7 Å². The number of rotatable bonds is 5. The molecule has 0 radical (unpaired) electrons. The van der Waals surface area contributed by atoms with Crippen LogP contribution >= 0.6 is 22.9 Å². The lowest BCUT2D eigenvalue weighted by molar-refractivity contribution is 0.668. The Kier molecular flexibility index (Phi) is 4.69. The SMILES string of the molecule is CCCNCc1nnc(-c2cc(Cl)ccc2C)s1. The summed E-state index contributed by atoms with van der Waals surface area (Å²) in [5, 5.41) is 14.4. The zero-order valence-corrected chi connectivity index (χ0v) is 12.1. The molecule has 0 atom stereocenters. The van der Waals surface area contributed by atoms with Gasteiger partial charge in [0.25, 0.3) is 0 Å². The van der Waals surface area contributed by atoms with Crippen molar-refractivity contribution in [3.05, 3.63) is 33.8 Å². The van der Waals surface area contributed by atoms with E-state index in [1.807, 2.05) is 18.2 Å². The highest BCUT2D eigenvalue weighted by molar-refractivity contribution is 7.14. The Bertz CT molecular complexity index is 525. The van der Waals surface area contributed by atoms with E-state index in [2.05, 4.69) is 29.4 Å². The fraction of sp³-hybridized carbons (Fsp3) is 0.385. The Hall–Kier alpha value is -0.970. The molecule has 0 bridgehead atoms. The predicted octanol–water partition coefficient (Wildman–Crippen LogP) is 3.67. The fourth-order valence-corrected chi connectivity index (χ4v) is 2.69. The second-order valence-electron chi connectivity index (χ2n) is 4.14. The molecule has 18 heavy (non-hydrogen) atoms. The summed E-state index contributed by atoms with van der Waals surface area (Å²) >= 11 is 7.64. The minimum Gasteiger partial charge on any atom is -0.310 e. The third-order valence-corrected chi connectivity index (χ3v) is 3.79. The first kappa shape index (κ1) is 13.5. The minimum absolute atomic E-state index is 0.733. The van der Waals surface area contributed by atoms with Gasteiger partial charge in [0.05, 0.1) is 0 Å². The number of nitrogens with one attached hydrogen (secondary N) is 1. The minimum atomic E-state index is 0.733. The zero-order chi connectivity index (χ0) is 13.0. The van der Waals surface area contributed by atoms with Crippen LogP contribution in [0.4, 0.5) is 0 Å². The van der Waals surface area contributed by atoms with Crippen LogP contribution in [0.15, 0.2) is 18.2 Å². The summed E-state index contributed by atoms with van der Waals surface area (Å²) in [5.74, 6) is 0. The highest BCUT2D eigenvalue weighted by Crippen LogP contribution is 2.28. The quantitative estimate of drug-likeness (QED) is 0.850. The monoisotopic (exact) mass is 281 g/mol. The van der Waals surface area contributed by atoms with Gasteiger partial charge in [0, 0.05) is 17.1 Å². The maximum atomic E-state index is 6.02. The Morgan fingerprint density at radius 1 is 1.33 bits per heavy atom. The van der Waals surface area contributed by atoms with E-state index in [1.165, 1.54) is 5.56 Å². The molecule has 3 nitrogen and oxygen atoms in total. The van der Waals surface area contributed by atoms with Crippen molar-refractivity contribution in [2.45, 2.75) is 26.8 Å². The molecule has 2 rings (SSSR count). The molecule has 0 unspecified atom stereocenters. The second kappa shape index (κ2) is 6.27. The number of benzene rings is 1. The lowest BCUT2D eigenvalue weighted by atomic mass is 10.1. The average Bonchev–Trinajstić information content (AvgIpc) is 2.81. The largest absolute Gasteiger partial charge is 0.310 e. The van der Waals surface area contributed by atoms with Crippen molar-refractivity contribution in [2.75, 3.05) is 6.54 Å². The first-order valence-corrected chi connectivity index (χ1v) is 7.19. The molecule has 96 valence electrons. The summed E-state index contributed by atoms with van der Waals surface area (Å²) in [6.07, 6.45) is 1.12. The van der Waals surface area contributed by atoms with E-state index in [0.717, 1.165) is 40.1 Å². The first-order chi connectivity index (χ1) is 8.70. The normalized spacial score (nSPS) is 10.8. The van der Waals surface area contributed by atoms with Gasteiger partial charge in [-0.05, 0) is 37.6 Å². The maximum absolute atomic E-state index is 6.02. The van der Waals surface area contributed by atoms with Crippen LogP contribution in [0.5, 0.6) is 0 Å². The molecule has 0 spiro atoms. The fourth-order valence-electron chi connectivity index (χ4n) is 1.63. The molecule has 0 fully saturated rings. The van der Waals surface area contributed by atoms with Crippen molar-refractivity contribution in [1.82, 2.24) is 15.5 Å². The van der Waals surface area contributed by atoms with E-state index in [-0.39, 0.29) is 0 Å². The number of aromatic nitrogens is 2. The molecule has 0 amide bonds. The number of halogens is 1. The highest BCUT2D eigenvalue weighted by Gasteiger charge is 2.09. The molecule has 1 aromatic carbocycles. The summed E-state index contributed by atoms with van der Waals surface area (Å²) in [5.41, 5.74) is 2.24. The van der Waals surface area contributed by atoms with Gasteiger partial charge in [0.2, 0.25) is 0 Å². The average molecular weight is 282 g/mol. The molecule has 5 heteroatoms. The van der Waals surface area contributed by atoms with E-state index >= 15 is 0 Å². The van der Waals surface area contributed by atoms with Gasteiger partial charge in [-0.3, -0.25) is 0 Å².